The van der Waals surface area contributed by atoms with Crippen LogP contribution in [0.3, 0.4) is 0 Å². The van der Waals surface area contributed by atoms with Crippen LogP contribution in [-0.4, -0.2) is 37.3 Å². The molecule has 1 saturated carbocycles. The fraction of sp³-hybridized carbons (Fsp3) is 0.529. The summed E-state index contributed by atoms with van der Waals surface area (Å²) in [5.41, 5.74) is 4.28. The quantitative estimate of drug-likeness (QED) is 0.866. The first-order chi connectivity index (χ1) is 9.89. The molecule has 1 aliphatic carbocycles. The predicted octanol–water partition coefficient (Wildman–Crippen LogP) is 2.17. The molecule has 0 amide bonds. The molecule has 1 aliphatic heterocycles. The lowest BCUT2D eigenvalue weighted by Crippen LogP contribution is -2.35. The Labute approximate surface area is 125 Å². The molecule has 0 bridgehead atoms. The van der Waals surface area contributed by atoms with Crippen LogP contribution in [0.5, 0.6) is 0 Å². The molecule has 1 aromatic carbocycles. The number of benzene rings is 1. The van der Waals surface area contributed by atoms with Crippen LogP contribution in [0.15, 0.2) is 23.3 Å². The Morgan fingerprint density at radius 1 is 1.33 bits per heavy atom. The van der Waals surface area contributed by atoms with Crippen LogP contribution in [0.2, 0.25) is 0 Å². The minimum atomic E-state index is -0.414. The molecule has 4 heteroatoms. The molecule has 2 aliphatic rings. The number of aliphatic hydroxyl groups is 1. The number of nitrogens with zero attached hydrogens (tertiary/aromatic N) is 2. The summed E-state index contributed by atoms with van der Waals surface area (Å²) in [6.07, 6.45) is 3.64. The van der Waals surface area contributed by atoms with Gasteiger partial charge in [-0.25, -0.2) is 0 Å². The number of carbonyl (C=O) groups excluding carboxylic acids is 1. The van der Waals surface area contributed by atoms with E-state index >= 15 is 0 Å². The normalized spacial score (nSPS) is 22.0. The molecule has 1 fully saturated rings. The Hall–Kier alpha value is -1.52. The first-order valence-electron chi connectivity index (χ1n) is 7.57. The van der Waals surface area contributed by atoms with Crippen molar-refractivity contribution in [3.63, 3.8) is 0 Å². The third kappa shape index (κ3) is 2.32. The van der Waals surface area contributed by atoms with E-state index in [0.717, 1.165) is 37.0 Å². The summed E-state index contributed by atoms with van der Waals surface area (Å²) in [7, 11) is 4.16. The van der Waals surface area contributed by atoms with E-state index in [4.69, 9.17) is 5.10 Å². The third-order valence-electron chi connectivity index (χ3n) is 4.83. The summed E-state index contributed by atoms with van der Waals surface area (Å²) < 4.78 is 0.502. The van der Waals surface area contributed by atoms with Crippen molar-refractivity contribution < 1.29 is 9.90 Å². The lowest BCUT2D eigenvalue weighted by atomic mass is 9.89. The Morgan fingerprint density at radius 2 is 2.05 bits per heavy atom. The minimum Gasteiger partial charge on any atom is -0.389 e. The van der Waals surface area contributed by atoms with Gasteiger partial charge in [0.15, 0.2) is 11.5 Å². The van der Waals surface area contributed by atoms with Gasteiger partial charge in [0.2, 0.25) is 0 Å². The zero-order valence-electron chi connectivity index (χ0n) is 13.0. The molecule has 21 heavy (non-hydrogen) atoms. The van der Waals surface area contributed by atoms with Crippen molar-refractivity contribution in [1.29, 1.82) is 0 Å². The van der Waals surface area contributed by atoms with Gasteiger partial charge in [-0.1, -0.05) is 11.2 Å². The molecule has 4 nitrogen and oxygen atoms in total. The number of aliphatic hydroxyl groups excluding tert-OH is 1. The number of rotatable bonds is 3. The standard InChI is InChI=1S/C17H23N2O2/c1-12-4-5-13-10-14(17(8-9-17)16(21)11-20)6-7-15(13)19(2,3)18-12/h6-7,10,20H,4-5,8-9,11H2,1-3H3/q+1. The second kappa shape index (κ2) is 4.75. The number of carbonyl (C=O) groups is 1. The number of hydrogen-bond acceptors (Lipinski definition) is 3. The highest BCUT2D eigenvalue weighted by Crippen LogP contribution is 2.50. The van der Waals surface area contributed by atoms with Gasteiger partial charge in [0.1, 0.15) is 6.61 Å². The molecule has 1 N–H and O–H groups in total. The van der Waals surface area contributed by atoms with Crippen LogP contribution < -0.4 is 4.59 Å². The van der Waals surface area contributed by atoms with E-state index in [9.17, 15) is 9.90 Å². The highest BCUT2D eigenvalue weighted by Gasteiger charge is 2.50. The summed E-state index contributed by atoms with van der Waals surface area (Å²) in [5.74, 6) is -0.0442. The summed E-state index contributed by atoms with van der Waals surface area (Å²) in [6, 6.07) is 6.33. The summed E-state index contributed by atoms with van der Waals surface area (Å²) in [5, 5.41) is 14.0. The van der Waals surface area contributed by atoms with Gasteiger partial charge in [-0.05, 0) is 44.2 Å². The van der Waals surface area contributed by atoms with Crippen LogP contribution in [0.25, 0.3) is 0 Å². The largest absolute Gasteiger partial charge is 0.389 e. The van der Waals surface area contributed by atoms with Crippen LogP contribution in [0.1, 0.15) is 37.3 Å². The van der Waals surface area contributed by atoms with Crippen LogP contribution in [0.4, 0.5) is 5.69 Å². The van der Waals surface area contributed by atoms with Crippen molar-refractivity contribution in [2.45, 2.75) is 38.0 Å². The fourth-order valence-corrected chi connectivity index (χ4v) is 3.47. The maximum atomic E-state index is 12.0. The molecule has 3 rings (SSSR count). The van der Waals surface area contributed by atoms with Crippen molar-refractivity contribution >= 4 is 17.2 Å². The van der Waals surface area contributed by atoms with Crippen molar-refractivity contribution in [2.24, 2.45) is 5.10 Å². The number of ketones is 1. The summed E-state index contributed by atoms with van der Waals surface area (Å²) in [6.45, 7) is 1.71. The maximum absolute atomic E-state index is 12.0. The second-order valence-corrected chi connectivity index (χ2v) is 6.74. The number of fused-ring (bicyclic) bond motifs is 1. The Bertz CT molecular complexity index is 628. The van der Waals surface area contributed by atoms with Gasteiger partial charge in [-0.3, -0.25) is 4.79 Å². The van der Waals surface area contributed by atoms with E-state index in [2.05, 4.69) is 39.2 Å². The zero-order valence-corrected chi connectivity index (χ0v) is 13.0. The van der Waals surface area contributed by atoms with E-state index in [1.165, 1.54) is 11.3 Å². The smallest absolute Gasteiger partial charge is 0.168 e. The fourth-order valence-electron chi connectivity index (χ4n) is 3.47. The van der Waals surface area contributed by atoms with E-state index in [1.807, 2.05) is 0 Å². The van der Waals surface area contributed by atoms with Crippen molar-refractivity contribution in [3.05, 3.63) is 29.3 Å². The number of hydrogen-bond donors (Lipinski definition) is 1. The topological polar surface area (TPSA) is 49.7 Å². The van der Waals surface area contributed by atoms with Crippen molar-refractivity contribution in [3.8, 4) is 0 Å². The lowest BCUT2D eigenvalue weighted by molar-refractivity contribution is -0.124. The highest BCUT2D eigenvalue weighted by molar-refractivity contribution is 5.94. The zero-order chi connectivity index (χ0) is 15.3. The van der Waals surface area contributed by atoms with Gasteiger partial charge in [0.25, 0.3) is 0 Å². The van der Waals surface area contributed by atoms with Crippen molar-refractivity contribution in [2.75, 3.05) is 20.7 Å². The van der Waals surface area contributed by atoms with Crippen molar-refractivity contribution in [1.82, 2.24) is 4.59 Å². The molecule has 0 spiro atoms. The maximum Gasteiger partial charge on any atom is 0.168 e. The number of aryl methyl sites for hydroxylation is 1. The van der Waals surface area contributed by atoms with Gasteiger partial charge >= 0.3 is 0 Å². The molecule has 0 unspecified atom stereocenters. The molecular formula is C17H23N2O2+. The van der Waals surface area contributed by atoms with E-state index in [1.54, 1.807) is 0 Å². The summed E-state index contributed by atoms with van der Waals surface area (Å²) >= 11 is 0. The SMILES string of the molecule is CC1=N[N+](C)(C)c2ccc(C3(C(=O)CO)CC3)cc2CC1. The van der Waals surface area contributed by atoms with Gasteiger partial charge < -0.3 is 5.11 Å². The average molecular weight is 287 g/mol. The van der Waals surface area contributed by atoms with E-state index in [-0.39, 0.29) is 12.4 Å². The Kier molecular flexibility index (Phi) is 3.26. The lowest BCUT2D eigenvalue weighted by Gasteiger charge is -2.24. The predicted molar refractivity (Wildman–Crippen MR) is 84.5 cm³/mol. The molecular weight excluding hydrogens is 264 g/mol. The number of Topliss-reactive ketones (excluding diaryl/α,β-unsaturated/α-hetero) is 1. The molecule has 0 aromatic heterocycles. The van der Waals surface area contributed by atoms with Gasteiger partial charge in [0, 0.05) is 11.6 Å². The Balaban J connectivity index is 2.03. The first kappa shape index (κ1) is 14.4. The third-order valence-corrected chi connectivity index (χ3v) is 4.83. The molecule has 0 radical (unpaired) electrons. The Morgan fingerprint density at radius 3 is 2.67 bits per heavy atom. The molecule has 112 valence electrons. The molecule has 0 saturated heterocycles. The highest BCUT2D eigenvalue weighted by atomic mass is 16.3. The van der Waals surface area contributed by atoms with Crippen LogP contribution in [0, 0.1) is 0 Å². The van der Waals surface area contributed by atoms with Crippen LogP contribution in [-0.2, 0) is 16.6 Å². The van der Waals surface area contributed by atoms with Crippen LogP contribution >= 0.6 is 0 Å². The van der Waals surface area contributed by atoms with Gasteiger partial charge in [-0.2, -0.15) is 4.59 Å². The van der Waals surface area contributed by atoms with E-state index in [0.29, 0.717) is 4.59 Å². The number of quaternary nitrogens is 1. The summed E-state index contributed by atoms with van der Waals surface area (Å²) in [4.78, 5) is 12.0. The molecule has 0 atom stereocenters. The van der Waals surface area contributed by atoms with E-state index < -0.39 is 5.41 Å². The van der Waals surface area contributed by atoms with Gasteiger partial charge in [-0.15, -0.1) is 0 Å². The monoisotopic (exact) mass is 287 g/mol. The average Bonchev–Trinajstić information content (AvgIpc) is 3.25. The molecule has 1 heterocycles. The first-order valence-corrected chi connectivity index (χ1v) is 7.57. The minimum absolute atomic E-state index is 0.0442. The van der Waals surface area contributed by atoms with Gasteiger partial charge in [0.05, 0.1) is 25.2 Å². The molecule has 1 aromatic rings. The second-order valence-electron chi connectivity index (χ2n) is 6.74.